The Morgan fingerprint density at radius 3 is 2.90 bits per heavy atom. The van der Waals surface area contributed by atoms with Gasteiger partial charge in [-0.1, -0.05) is 11.6 Å². The number of rotatable bonds is 2. The summed E-state index contributed by atoms with van der Waals surface area (Å²) in [7, 11) is 4.12. The molecule has 1 saturated heterocycles. The second-order valence-electron chi connectivity index (χ2n) is 5.59. The maximum atomic E-state index is 10.6. The first-order valence-corrected chi connectivity index (χ1v) is 7.18. The van der Waals surface area contributed by atoms with Gasteiger partial charge < -0.3 is 14.4 Å². The van der Waals surface area contributed by atoms with Crippen LogP contribution in [-0.4, -0.2) is 54.7 Å². The fourth-order valence-corrected chi connectivity index (χ4v) is 2.94. The van der Waals surface area contributed by atoms with Crippen LogP contribution in [0.5, 0.6) is 0 Å². The summed E-state index contributed by atoms with van der Waals surface area (Å²) in [5.41, 5.74) is 0.760. The first-order valence-electron chi connectivity index (χ1n) is 6.80. The maximum Gasteiger partial charge on any atom is 0.135 e. The van der Waals surface area contributed by atoms with Crippen molar-refractivity contribution in [2.45, 2.75) is 12.1 Å². The average molecular weight is 295 g/mol. The van der Waals surface area contributed by atoms with Gasteiger partial charge in [-0.05, 0) is 38.4 Å². The van der Waals surface area contributed by atoms with E-state index in [-0.39, 0.29) is 6.04 Å². The quantitative estimate of drug-likeness (QED) is 0.923. The summed E-state index contributed by atoms with van der Waals surface area (Å²) in [5, 5.41) is 12.2. The lowest BCUT2D eigenvalue weighted by Crippen LogP contribution is -2.52. The molecule has 1 aromatic heterocycles. The average Bonchev–Trinajstić information content (AvgIpc) is 2.83. The Labute approximate surface area is 123 Å². The minimum absolute atomic E-state index is 0.0461. The predicted octanol–water partition coefficient (Wildman–Crippen LogP) is 2.37. The molecule has 4 nitrogen and oxygen atoms in total. The van der Waals surface area contributed by atoms with Crippen molar-refractivity contribution in [2.24, 2.45) is 0 Å². The Hall–Kier alpha value is -1.07. The van der Waals surface area contributed by atoms with Gasteiger partial charge in [0.15, 0.2) is 0 Å². The van der Waals surface area contributed by atoms with E-state index in [2.05, 4.69) is 16.8 Å². The molecule has 1 aromatic carbocycles. The highest BCUT2D eigenvalue weighted by atomic mass is 35.5. The van der Waals surface area contributed by atoms with Crippen molar-refractivity contribution in [3.05, 3.63) is 35.0 Å². The molecule has 0 radical (unpaired) electrons. The van der Waals surface area contributed by atoms with Gasteiger partial charge in [-0.3, -0.25) is 4.90 Å². The molecule has 0 saturated carbocycles. The van der Waals surface area contributed by atoms with E-state index in [4.69, 9.17) is 16.0 Å². The number of hydrogen-bond donors (Lipinski definition) is 1. The van der Waals surface area contributed by atoms with E-state index in [0.29, 0.717) is 10.8 Å². The Bertz CT molecular complexity index is 613. The molecule has 2 atom stereocenters. The number of aliphatic hydroxyl groups excluding tert-OH is 1. The summed E-state index contributed by atoms with van der Waals surface area (Å²) < 4.78 is 5.77. The third kappa shape index (κ3) is 2.56. The molecule has 3 rings (SSSR count). The molecular weight excluding hydrogens is 276 g/mol. The molecule has 1 fully saturated rings. The molecule has 0 spiro atoms. The Morgan fingerprint density at radius 2 is 2.10 bits per heavy atom. The van der Waals surface area contributed by atoms with Crippen LogP contribution in [0.4, 0.5) is 0 Å². The number of halogens is 1. The number of fused-ring (bicyclic) bond motifs is 1. The molecule has 0 bridgehead atoms. The maximum absolute atomic E-state index is 10.6. The summed E-state index contributed by atoms with van der Waals surface area (Å²) in [6.07, 6.45) is -0.631. The minimum Gasteiger partial charge on any atom is -0.458 e. The number of hydrogen-bond acceptors (Lipinski definition) is 4. The van der Waals surface area contributed by atoms with Gasteiger partial charge in [0, 0.05) is 30.0 Å². The number of nitrogens with zero attached hydrogens (tertiary/aromatic N) is 2. The van der Waals surface area contributed by atoms with Crippen LogP contribution in [-0.2, 0) is 0 Å². The fourth-order valence-electron chi connectivity index (χ4n) is 2.76. The molecule has 5 heteroatoms. The van der Waals surface area contributed by atoms with E-state index < -0.39 is 6.10 Å². The lowest BCUT2D eigenvalue weighted by atomic mass is 10.0. The highest BCUT2D eigenvalue weighted by Gasteiger charge is 2.31. The van der Waals surface area contributed by atoms with Gasteiger partial charge in [-0.25, -0.2) is 0 Å². The standard InChI is InChI=1S/C15H19ClN2O2/c1-17-5-6-18(2)12(9-17)15(19)14-8-10-7-11(16)3-4-13(10)20-14/h3-4,7-8,12,15,19H,5-6,9H2,1-2H3. The lowest BCUT2D eigenvalue weighted by Gasteiger charge is -2.39. The van der Waals surface area contributed by atoms with Gasteiger partial charge in [0.25, 0.3) is 0 Å². The van der Waals surface area contributed by atoms with Crippen LogP contribution >= 0.6 is 11.6 Å². The van der Waals surface area contributed by atoms with E-state index in [9.17, 15) is 5.11 Å². The third-order valence-corrected chi connectivity index (χ3v) is 4.29. The monoisotopic (exact) mass is 294 g/mol. The largest absolute Gasteiger partial charge is 0.458 e. The Morgan fingerprint density at radius 1 is 1.30 bits per heavy atom. The molecular formula is C15H19ClN2O2. The lowest BCUT2D eigenvalue weighted by molar-refractivity contribution is 0.00408. The van der Waals surface area contributed by atoms with E-state index in [1.807, 2.05) is 25.2 Å². The van der Waals surface area contributed by atoms with Crippen LogP contribution in [0, 0.1) is 0 Å². The second-order valence-corrected chi connectivity index (χ2v) is 6.02. The number of benzene rings is 1. The van der Waals surface area contributed by atoms with Gasteiger partial charge in [0.2, 0.25) is 0 Å². The zero-order valence-corrected chi connectivity index (χ0v) is 12.5. The predicted molar refractivity (Wildman–Crippen MR) is 80.1 cm³/mol. The van der Waals surface area contributed by atoms with E-state index in [1.54, 1.807) is 6.07 Å². The number of likely N-dealkylation sites (N-methyl/N-ethyl adjacent to an activating group) is 2. The summed E-state index contributed by atoms with van der Waals surface area (Å²) >= 11 is 5.98. The molecule has 108 valence electrons. The highest BCUT2D eigenvalue weighted by Crippen LogP contribution is 2.30. The topological polar surface area (TPSA) is 39.9 Å². The van der Waals surface area contributed by atoms with E-state index >= 15 is 0 Å². The van der Waals surface area contributed by atoms with Crippen molar-refractivity contribution in [1.82, 2.24) is 9.80 Å². The van der Waals surface area contributed by atoms with Crippen molar-refractivity contribution in [2.75, 3.05) is 33.7 Å². The second kappa shape index (κ2) is 5.37. The fraction of sp³-hybridized carbons (Fsp3) is 0.467. The van der Waals surface area contributed by atoms with Crippen LogP contribution in [0.1, 0.15) is 11.9 Å². The summed E-state index contributed by atoms with van der Waals surface area (Å²) in [4.78, 5) is 4.41. The Kier molecular flexibility index (Phi) is 3.73. The van der Waals surface area contributed by atoms with Crippen LogP contribution in [0.15, 0.2) is 28.7 Å². The molecule has 2 unspecified atom stereocenters. The van der Waals surface area contributed by atoms with Crippen molar-refractivity contribution >= 4 is 22.6 Å². The zero-order chi connectivity index (χ0) is 14.3. The minimum atomic E-state index is -0.631. The van der Waals surface area contributed by atoms with Gasteiger partial charge in [-0.15, -0.1) is 0 Å². The van der Waals surface area contributed by atoms with Crippen LogP contribution in [0.25, 0.3) is 11.0 Å². The summed E-state index contributed by atoms with van der Waals surface area (Å²) in [6.45, 7) is 2.80. The van der Waals surface area contributed by atoms with Crippen molar-refractivity contribution in [3.63, 3.8) is 0 Å². The smallest absolute Gasteiger partial charge is 0.135 e. The zero-order valence-electron chi connectivity index (χ0n) is 11.7. The van der Waals surface area contributed by atoms with Crippen LogP contribution in [0.2, 0.25) is 5.02 Å². The van der Waals surface area contributed by atoms with Gasteiger partial charge in [0.05, 0.1) is 6.04 Å². The first kappa shape index (κ1) is 13.9. The van der Waals surface area contributed by atoms with E-state index in [0.717, 1.165) is 30.6 Å². The summed E-state index contributed by atoms with van der Waals surface area (Å²) in [5.74, 6) is 0.606. The normalized spacial score (nSPS) is 23.3. The molecule has 20 heavy (non-hydrogen) atoms. The molecule has 2 aromatic rings. The molecule has 0 amide bonds. The SMILES string of the molecule is CN1CCN(C)C(C(O)c2cc3cc(Cl)ccc3o2)C1. The number of furan rings is 1. The van der Waals surface area contributed by atoms with Crippen molar-refractivity contribution in [1.29, 1.82) is 0 Å². The molecule has 1 N–H and O–H groups in total. The van der Waals surface area contributed by atoms with Gasteiger partial charge >= 0.3 is 0 Å². The van der Waals surface area contributed by atoms with E-state index in [1.165, 1.54) is 0 Å². The molecule has 1 aliphatic rings. The van der Waals surface area contributed by atoms with Crippen LogP contribution in [0.3, 0.4) is 0 Å². The Balaban J connectivity index is 1.89. The van der Waals surface area contributed by atoms with Gasteiger partial charge in [-0.2, -0.15) is 0 Å². The molecule has 1 aliphatic heterocycles. The summed E-state index contributed by atoms with van der Waals surface area (Å²) in [6, 6.07) is 7.42. The molecule has 2 heterocycles. The third-order valence-electron chi connectivity index (χ3n) is 4.05. The molecule has 0 aliphatic carbocycles. The van der Waals surface area contributed by atoms with Crippen LogP contribution < -0.4 is 0 Å². The van der Waals surface area contributed by atoms with Crippen molar-refractivity contribution < 1.29 is 9.52 Å². The highest BCUT2D eigenvalue weighted by molar-refractivity contribution is 6.31. The number of piperazine rings is 1. The first-order chi connectivity index (χ1) is 9.54. The van der Waals surface area contributed by atoms with Gasteiger partial charge in [0.1, 0.15) is 17.4 Å². The van der Waals surface area contributed by atoms with Crippen molar-refractivity contribution in [3.8, 4) is 0 Å². The number of aliphatic hydroxyl groups is 1.